The van der Waals surface area contributed by atoms with Crippen LogP contribution in [0.1, 0.15) is 24.0 Å². The molecule has 0 saturated carbocycles. The highest BCUT2D eigenvalue weighted by molar-refractivity contribution is 5.68. The summed E-state index contributed by atoms with van der Waals surface area (Å²) in [5, 5.41) is 16.5. The Labute approximate surface area is 215 Å². The van der Waals surface area contributed by atoms with Gasteiger partial charge < -0.3 is 20.9 Å². The van der Waals surface area contributed by atoms with Crippen LogP contribution in [0.25, 0.3) is 17.1 Å². The Hall–Kier alpha value is -4.05. The average Bonchev–Trinajstić information content (AvgIpc) is 3.47. The number of halogens is 1. The van der Waals surface area contributed by atoms with E-state index in [1.165, 1.54) is 16.3 Å². The van der Waals surface area contributed by atoms with Gasteiger partial charge in [0.25, 0.3) is 0 Å². The molecule has 0 radical (unpaired) electrons. The van der Waals surface area contributed by atoms with Crippen molar-refractivity contribution in [3.05, 3.63) is 65.5 Å². The van der Waals surface area contributed by atoms with Crippen LogP contribution in [0.3, 0.4) is 0 Å². The van der Waals surface area contributed by atoms with Gasteiger partial charge in [-0.05, 0) is 75.2 Å². The highest BCUT2D eigenvalue weighted by Crippen LogP contribution is 2.32. The van der Waals surface area contributed by atoms with Gasteiger partial charge in [-0.15, -0.1) is 15.3 Å². The van der Waals surface area contributed by atoms with Crippen LogP contribution in [0, 0.1) is 5.82 Å². The van der Waals surface area contributed by atoms with Crippen LogP contribution in [-0.2, 0) is 12.8 Å². The predicted molar refractivity (Wildman–Crippen MR) is 143 cm³/mol. The normalized spacial score (nSPS) is 17.0. The van der Waals surface area contributed by atoms with E-state index in [1.807, 2.05) is 18.2 Å². The zero-order valence-corrected chi connectivity index (χ0v) is 21.0. The van der Waals surface area contributed by atoms with Crippen molar-refractivity contribution in [2.24, 2.45) is 0 Å². The van der Waals surface area contributed by atoms with E-state index in [9.17, 15) is 4.39 Å². The first-order valence-corrected chi connectivity index (χ1v) is 12.6. The van der Waals surface area contributed by atoms with Gasteiger partial charge in [0.15, 0.2) is 5.82 Å². The van der Waals surface area contributed by atoms with Gasteiger partial charge in [-0.3, -0.25) is 0 Å². The minimum atomic E-state index is -0.284. The summed E-state index contributed by atoms with van der Waals surface area (Å²) < 4.78 is 16.5. The topological polar surface area (TPSA) is 101 Å². The lowest BCUT2D eigenvalue weighted by atomic mass is 10.0. The zero-order chi connectivity index (χ0) is 25.5. The molecule has 190 valence electrons. The van der Waals surface area contributed by atoms with Gasteiger partial charge in [0.1, 0.15) is 5.82 Å². The van der Waals surface area contributed by atoms with Gasteiger partial charge in [-0.25, -0.2) is 4.39 Å². The Kier molecular flexibility index (Phi) is 5.96. The van der Waals surface area contributed by atoms with E-state index in [2.05, 4.69) is 67.7 Å². The quantitative estimate of drug-likeness (QED) is 0.428. The van der Waals surface area contributed by atoms with Crippen molar-refractivity contribution in [1.29, 1.82) is 0 Å². The molecule has 2 aliphatic rings. The summed E-state index contributed by atoms with van der Waals surface area (Å²) in [5.41, 5.74) is 11.8. The molecule has 1 atom stereocenters. The van der Waals surface area contributed by atoms with Crippen LogP contribution >= 0.6 is 0 Å². The second-order valence-electron chi connectivity index (χ2n) is 9.94. The Bertz CT molecular complexity index is 1450. The maximum atomic E-state index is 15.0. The second-order valence-corrected chi connectivity index (χ2v) is 9.94. The Morgan fingerprint density at radius 1 is 1.05 bits per heavy atom. The van der Waals surface area contributed by atoms with E-state index < -0.39 is 0 Å². The number of nitrogens with one attached hydrogen (secondary N) is 1. The predicted octanol–water partition coefficient (Wildman–Crippen LogP) is 3.82. The molecule has 1 aliphatic carbocycles. The highest BCUT2D eigenvalue weighted by atomic mass is 19.1. The number of hydrogen-bond donors (Lipinski definition) is 2. The van der Waals surface area contributed by atoms with Gasteiger partial charge >= 0.3 is 0 Å². The largest absolute Gasteiger partial charge is 0.368 e. The van der Waals surface area contributed by atoms with Crippen molar-refractivity contribution in [2.45, 2.75) is 31.7 Å². The van der Waals surface area contributed by atoms with Gasteiger partial charge in [-0.2, -0.15) is 9.67 Å². The lowest BCUT2D eigenvalue weighted by molar-refractivity contribution is 0.315. The van der Waals surface area contributed by atoms with E-state index in [1.54, 1.807) is 6.07 Å². The zero-order valence-electron chi connectivity index (χ0n) is 21.0. The minimum Gasteiger partial charge on any atom is -0.368 e. The number of benzene rings is 2. The molecule has 10 heteroatoms. The molecule has 3 heterocycles. The Morgan fingerprint density at radius 2 is 1.89 bits per heavy atom. The average molecular weight is 500 g/mol. The molecule has 4 aromatic rings. The first kappa shape index (κ1) is 23.4. The number of nitrogens with two attached hydrogens (primary N) is 1. The molecule has 2 aromatic carbocycles. The van der Waals surface area contributed by atoms with Gasteiger partial charge in [0, 0.05) is 30.4 Å². The lowest BCUT2D eigenvalue weighted by Crippen LogP contribution is -2.31. The molecule has 0 amide bonds. The Morgan fingerprint density at radius 3 is 2.70 bits per heavy atom. The maximum Gasteiger partial charge on any atom is 0.248 e. The SMILES string of the molecule is CN(C)C1CCN(c2ccc(Nc3nc(N)n(-c4cc5c(nn4)-c4ccccc4CCC5)n3)cc2F)C1. The molecule has 3 N–H and O–H groups in total. The molecule has 1 aliphatic heterocycles. The highest BCUT2D eigenvalue weighted by Gasteiger charge is 2.26. The first-order valence-electron chi connectivity index (χ1n) is 12.6. The van der Waals surface area contributed by atoms with Gasteiger partial charge in [0.05, 0.1) is 11.4 Å². The molecule has 0 spiro atoms. The number of nitrogens with zero attached hydrogens (tertiary/aromatic N) is 7. The van der Waals surface area contributed by atoms with Crippen molar-refractivity contribution in [3.8, 4) is 17.1 Å². The summed E-state index contributed by atoms with van der Waals surface area (Å²) in [6, 6.07) is 15.8. The van der Waals surface area contributed by atoms with Crippen molar-refractivity contribution < 1.29 is 4.39 Å². The van der Waals surface area contributed by atoms with Crippen LogP contribution in [0.2, 0.25) is 0 Å². The lowest BCUT2D eigenvalue weighted by Gasteiger charge is -2.22. The standard InChI is InChI=1S/C27H30FN9/c1-35(2)20-12-13-36(16-20)23-11-10-19(15-22(23)28)30-27-31-26(29)37(34-27)24-14-18-8-5-7-17-6-3-4-9-21(17)25(18)33-32-24/h3-4,6,9-11,14-15,20H,5,7-8,12-13,16H2,1-2H3,(H3,29,30,31,34). The number of aromatic nitrogens is 5. The van der Waals surface area contributed by atoms with E-state index in [-0.39, 0.29) is 17.7 Å². The molecular weight excluding hydrogens is 469 g/mol. The van der Waals surface area contributed by atoms with Crippen molar-refractivity contribution >= 4 is 23.3 Å². The summed E-state index contributed by atoms with van der Waals surface area (Å²) in [4.78, 5) is 8.60. The van der Waals surface area contributed by atoms with Crippen LogP contribution in [0.15, 0.2) is 48.5 Å². The summed E-state index contributed by atoms with van der Waals surface area (Å²) in [5.74, 6) is 0.658. The molecule has 1 unspecified atom stereocenters. The Balaban J connectivity index is 1.22. The van der Waals surface area contributed by atoms with Crippen LogP contribution < -0.4 is 16.0 Å². The van der Waals surface area contributed by atoms with Crippen LogP contribution in [0.4, 0.5) is 27.7 Å². The number of fused-ring (bicyclic) bond motifs is 3. The molecule has 0 bridgehead atoms. The summed E-state index contributed by atoms with van der Waals surface area (Å²) in [7, 11) is 4.12. The van der Waals surface area contributed by atoms with E-state index in [0.717, 1.165) is 55.6 Å². The molecule has 1 saturated heterocycles. The molecule has 9 nitrogen and oxygen atoms in total. The van der Waals surface area contributed by atoms with Crippen LogP contribution in [0.5, 0.6) is 0 Å². The third kappa shape index (κ3) is 4.48. The number of aryl methyl sites for hydroxylation is 2. The molecular formula is C27H30FN9. The van der Waals surface area contributed by atoms with E-state index in [4.69, 9.17) is 5.73 Å². The fourth-order valence-corrected chi connectivity index (χ4v) is 5.28. The number of hydrogen-bond acceptors (Lipinski definition) is 8. The van der Waals surface area contributed by atoms with Gasteiger partial charge in [-0.1, -0.05) is 24.3 Å². The fourth-order valence-electron chi connectivity index (χ4n) is 5.28. The number of rotatable bonds is 5. The number of likely N-dealkylation sites (N-methyl/N-ethyl adjacent to an activating group) is 1. The van der Waals surface area contributed by atoms with Crippen LogP contribution in [-0.4, -0.2) is 63.1 Å². The summed E-state index contributed by atoms with van der Waals surface area (Å²) in [6.07, 6.45) is 3.95. The summed E-state index contributed by atoms with van der Waals surface area (Å²) in [6.45, 7) is 1.65. The molecule has 2 aromatic heterocycles. The minimum absolute atomic E-state index is 0.176. The van der Waals surface area contributed by atoms with E-state index in [0.29, 0.717) is 23.2 Å². The van der Waals surface area contributed by atoms with Crippen molar-refractivity contribution in [2.75, 3.05) is 43.1 Å². The number of nitrogen functional groups attached to an aromatic ring is 1. The van der Waals surface area contributed by atoms with E-state index >= 15 is 0 Å². The second kappa shape index (κ2) is 9.44. The maximum absolute atomic E-state index is 15.0. The third-order valence-corrected chi connectivity index (χ3v) is 7.31. The first-order chi connectivity index (χ1) is 18.0. The molecule has 37 heavy (non-hydrogen) atoms. The molecule has 1 fully saturated rings. The fraction of sp³-hybridized carbons (Fsp3) is 0.333. The smallest absolute Gasteiger partial charge is 0.248 e. The number of anilines is 4. The molecule has 6 rings (SSSR count). The third-order valence-electron chi connectivity index (χ3n) is 7.31. The summed E-state index contributed by atoms with van der Waals surface area (Å²) >= 11 is 0. The van der Waals surface area contributed by atoms with Crippen molar-refractivity contribution in [1.82, 2.24) is 29.9 Å². The van der Waals surface area contributed by atoms with Gasteiger partial charge in [0.2, 0.25) is 11.9 Å². The monoisotopic (exact) mass is 499 g/mol. The van der Waals surface area contributed by atoms with Crippen molar-refractivity contribution in [3.63, 3.8) is 0 Å².